The molecule has 0 saturated carbocycles. The zero-order valence-corrected chi connectivity index (χ0v) is 10.8. The molecule has 0 aliphatic heterocycles. The van der Waals surface area contributed by atoms with Crippen LogP contribution >= 0.6 is 24.0 Å². The van der Waals surface area contributed by atoms with Crippen molar-refractivity contribution in [1.29, 1.82) is 0 Å². The zero-order valence-electron chi connectivity index (χ0n) is 9.05. The minimum absolute atomic E-state index is 0.840. The Labute approximate surface area is 108 Å². The fraction of sp³-hybridized carbons (Fsp3) is 0.167. The molecule has 3 rings (SSSR count). The first-order valence-electron chi connectivity index (χ1n) is 5.35. The average molecular weight is 261 g/mol. The molecule has 2 heterocycles. The second-order valence-electron chi connectivity index (χ2n) is 3.73. The molecule has 0 spiro atoms. The SMILES string of the molecule is SCCc1nc(-c2ccc3nc[nH]c3c2)cs1. The van der Waals surface area contributed by atoms with Crippen LogP contribution in [0.15, 0.2) is 29.9 Å². The third-order valence-corrected chi connectivity index (χ3v) is 3.73. The van der Waals surface area contributed by atoms with E-state index in [1.165, 1.54) is 0 Å². The number of nitrogens with zero attached hydrogens (tertiary/aromatic N) is 2. The second kappa shape index (κ2) is 4.50. The average Bonchev–Trinajstić information content (AvgIpc) is 2.96. The number of thiazole rings is 1. The number of aromatic nitrogens is 3. The molecule has 0 fully saturated rings. The highest BCUT2D eigenvalue weighted by molar-refractivity contribution is 7.80. The van der Waals surface area contributed by atoms with E-state index < -0.39 is 0 Å². The van der Waals surface area contributed by atoms with E-state index in [-0.39, 0.29) is 0 Å². The number of imidazole rings is 1. The molecule has 0 atom stereocenters. The summed E-state index contributed by atoms with van der Waals surface area (Å²) in [6.07, 6.45) is 2.64. The number of hydrogen-bond acceptors (Lipinski definition) is 4. The predicted octanol–water partition coefficient (Wildman–Crippen LogP) is 3.16. The lowest BCUT2D eigenvalue weighted by Gasteiger charge is -1.96. The van der Waals surface area contributed by atoms with E-state index in [1.54, 1.807) is 17.7 Å². The van der Waals surface area contributed by atoms with Gasteiger partial charge in [0, 0.05) is 17.4 Å². The number of nitrogens with one attached hydrogen (secondary N) is 1. The Kier molecular flexibility index (Phi) is 2.86. The van der Waals surface area contributed by atoms with Gasteiger partial charge < -0.3 is 4.98 Å². The Morgan fingerprint density at radius 3 is 3.18 bits per heavy atom. The molecule has 3 nitrogen and oxygen atoms in total. The molecule has 1 N–H and O–H groups in total. The lowest BCUT2D eigenvalue weighted by Crippen LogP contribution is -1.85. The summed E-state index contributed by atoms with van der Waals surface area (Å²) < 4.78 is 0. The molecule has 5 heteroatoms. The van der Waals surface area contributed by atoms with Gasteiger partial charge in [-0.25, -0.2) is 9.97 Å². The smallest absolute Gasteiger partial charge is 0.0940 e. The van der Waals surface area contributed by atoms with E-state index in [0.29, 0.717) is 0 Å². The van der Waals surface area contributed by atoms with Crippen molar-refractivity contribution in [2.75, 3.05) is 5.75 Å². The number of thiol groups is 1. The Morgan fingerprint density at radius 2 is 2.29 bits per heavy atom. The lowest BCUT2D eigenvalue weighted by molar-refractivity contribution is 1.11. The largest absolute Gasteiger partial charge is 0.345 e. The third kappa shape index (κ3) is 2.08. The summed E-state index contributed by atoms with van der Waals surface area (Å²) in [5, 5.41) is 3.23. The number of rotatable bonds is 3. The topological polar surface area (TPSA) is 41.6 Å². The van der Waals surface area contributed by atoms with Crippen LogP contribution in [0.1, 0.15) is 5.01 Å². The molecule has 0 radical (unpaired) electrons. The van der Waals surface area contributed by atoms with Crippen LogP contribution in [-0.2, 0) is 6.42 Å². The first kappa shape index (κ1) is 10.8. The van der Waals surface area contributed by atoms with Crippen LogP contribution in [-0.4, -0.2) is 20.7 Å². The van der Waals surface area contributed by atoms with Crippen LogP contribution in [0, 0.1) is 0 Å². The van der Waals surface area contributed by atoms with Crippen LogP contribution < -0.4 is 0 Å². The molecule has 1 aromatic carbocycles. The summed E-state index contributed by atoms with van der Waals surface area (Å²) in [7, 11) is 0. The van der Waals surface area contributed by atoms with Crippen LogP contribution in [0.2, 0.25) is 0 Å². The third-order valence-electron chi connectivity index (χ3n) is 2.59. The lowest BCUT2D eigenvalue weighted by atomic mass is 10.1. The number of aromatic amines is 1. The Balaban J connectivity index is 2.00. The fourth-order valence-electron chi connectivity index (χ4n) is 1.75. The normalized spacial score (nSPS) is 11.1. The minimum atomic E-state index is 0.840. The van der Waals surface area contributed by atoms with Crippen molar-refractivity contribution < 1.29 is 0 Å². The highest BCUT2D eigenvalue weighted by Gasteiger charge is 2.05. The van der Waals surface area contributed by atoms with Crippen molar-refractivity contribution in [2.45, 2.75) is 6.42 Å². The second-order valence-corrected chi connectivity index (χ2v) is 5.12. The van der Waals surface area contributed by atoms with E-state index in [0.717, 1.165) is 39.5 Å². The summed E-state index contributed by atoms with van der Waals surface area (Å²) in [5.74, 6) is 0.840. The molecule has 3 aromatic rings. The summed E-state index contributed by atoms with van der Waals surface area (Å²) in [5.41, 5.74) is 4.19. The number of fused-ring (bicyclic) bond motifs is 1. The monoisotopic (exact) mass is 261 g/mol. The van der Waals surface area contributed by atoms with Crippen molar-refractivity contribution in [3.63, 3.8) is 0 Å². The van der Waals surface area contributed by atoms with Crippen LogP contribution in [0.4, 0.5) is 0 Å². The van der Waals surface area contributed by atoms with Gasteiger partial charge in [0.2, 0.25) is 0 Å². The van der Waals surface area contributed by atoms with Gasteiger partial charge in [-0.05, 0) is 17.9 Å². The van der Waals surface area contributed by atoms with Crippen molar-refractivity contribution >= 4 is 35.0 Å². The molecular weight excluding hydrogens is 250 g/mol. The van der Waals surface area contributed by atoms with E-state index in [2.05, 4.69) is 45.1 Å². The summed E-state index contributed by atoms with van der Waals surface area (Å²) in [6.45, 7) is 0. The molecule has 0 unspecified atom stereocenters. The Bertz CT molecular complexity index is 642. The molecule has 0 aliphatic carbocycles. The number of H-pyrrole nitrogens is 1. The van der Waals surface area contributed by atoms with E-state index in [9.17, 15) is 0 Å². The van der Waals surface area contributed by atoms with Gasteiger partial charge >= 0.3 is 0 Å². The molecule has 0 bridgehead atoms. The van der Waals surface area contributed by atoms with Gasteiger partial charge in [0.05, 0.1) is 28.1 Å². The predicted molar refractivity (Wildman–Crippen MR) is 74.8 cm³/mol. The summed E-state index contributed by atoms with van der Waals surface area (Å²) in [6, 6.07) is 6.16. The maximum absolute atomic E-state index is 4.60. The molecule has 2 aromatic heterocycles. The van der Waals surface area contributed by atoms with Crippen molar-refractivity contribution in [3.05, 3.63) is 34.9 Å². The van der Waals surface area contributed by atoms with Crippen molar-refractivity contribution in [2.24, 2.45) is 0 Å². The molecule has 17 heavy (non-hydrogen) atoms. The molecule has 0 amide bonds. The van der Waals surface area contributed by atoms with Crippen LogP contribution in [0.25, 0.3) is 22.3 Å². The maximum Gasteiger partial charge on any atom is 0.0940 e. The standard InChI is InChI=1S/C12H11N3S2/c16-4-3-12-15-11(6-17-12)8-1-2-9-10(5-8)14-7-13-9/h1-2,5-7,16H,3-4H2,(H,13,14). The van der Waals surface area contributed by atoms with Gasteiger partial charge in [-0.2, -0.15) is 12.6 Å². The van der Waals surface area contributed by atoms with E-state index >= 15 is 0 Å². The quantitative estimate of drug-likeness (QED) is 0.711. The first-order chi connectivity index (χ1) is 8.36. The number of hydrogen-bond donors (Lipinski definition) is 2. The molecule has 0 aliphatic rings. The molecule has 86 valence electrons. The highest BCUT2D eigenvalue weighted by Crippen LogP contribution is 2.24. The van der Waals surface area contributed by atoms with Gasteiger partial charge in [-0.3, -0.25) is 0 Å². The van der Waals surface area contributed by atoms with Gasteiger partial charge in [-0.15, -0.1) is 11.3 Å². The van der Waals surface area contributed by atoms with E-state index in [1.807, 2.05) is 6.07 Å². The Hall–Kier alpha value is -1.33. The van der Waals surface area contributed by atoms with Crippen molar-refractivity contribution in [3.8, 4) is 11.3 Å². The van der Waals surface area contributed by atoms with Crippen LogP contribution in [0.3, 0.4) is 0 Å². The van der Waals surface area contributed by atoms with Crippen LogP contribution in [0.5, 0.6) is 0 Å². The van der Waals surface area contributed by atoms with E-state index in [4.69, 9.17) is 0 Å². The summed E-state index contributed by atoms with van der Waals surface area (Å²) in [4.78, 5) is 11.9. The number of aryl methyl sites for hydroxylation is 1. The van der Waals surface area contributed by atoms with Gasteiger partial charge in [-0.1, -0.05) is 6.07 Å². The van der Waals surface area contributed by atoms with Crippen molar-refractivity contribution in [1.82, 2.24) is 15.0 Å². The summed E-state index contributed by atoms with van der Waals surface area (Å²) >= 11 is 5.91. The van der Waals surface area contributed by atoms with Gasteiger partial charge in [0.25, 0.3) is 0 Å². The number of benzene rings is 1. The molecular formula is C12H11N3S2. The highest BCUT2D eigenvalue weighted by atomic mass is 32.1. The Morgan fingerprint density at radius 1 is 1.35 bits per heavy atom. The first-order valence-corrected chi connectivity index (χ1v) is 6.87. The van der Waals surface area contributed by atoms with Gasteiger partial charge in [0.1, 0.15) is 0 Å². The fourth-order valence-corrected chi connectivity index (χ4v) is 2.92. The zero-order chi connectivity index (χ0) is 11.7. The molecule has 0 saturated heterocycles. The minimum Gasteiger partial charge on any atom is -0.345 e. The van der Waals surface area contributed by atoms with Gasteiger partial charge in [0.15, 0.2) is 0 Å². The maximum atomic E-state index is 4.60.